The molecule has 0 amide bonds. The van der Waals surface area contributed by atoms with E-state index in [1.165, 1.54) is 37.7 Å². The standard InChI is InChI=1S/C16H25N/c1-13(2)12-17-10-9-14-7-8-15-5-3-4-6-16(15)11-14/h7-8,11,13,17H,3-6,9-10,12H2,1-2H3. The van der Waals surface area contributed by atoms with Gasteiger partial charge in [0.1, 0.15) is 0 Å². The molecule has 17 heavy (non-hydrogen) atoms. The molecule has 0 atom stereocenters. The van der Waals surface area contributed by atoms with Gasteiger partial charge < -0.3 is 5.32 Å². The summed E-state index contributed by atoms with van der Waals surface area (Å²) in [5, 5.41) is 3.51. The molecule has 1 aromatic carbocycles. The number of aryl methyl sites for hydroxylation is 2. The Kier molecular flexibility index (Phi) is 4.61. The van der Waals surface area contributed by atoms with Crippen molar-refractivity contribution in [2.24, 2.45) is 5.92 Å². The van der Waals surface area contributed by atoms with Crippen LogP contribution in [0.4, 0.5) is 0 Å². The van der Waals surface area contributed by atoms with Gasteiger partial charge in [0.05, 0.1) is 0 Å². The van der Waals surface area contributed by atoms with Crippen LogP contribution < -0.4 is 5.32 Å². The normalized spacial score (nSPS) is 15.0. The van der Waals surface area contributed by atoms with E-state index in [1.807, 2.05) is 0 Å². The van der Waals surface area contributed by atoms with E-state index in [0.29, 0.717) is 0 Å². The highest BCUT2D eigenvalue weighted by atomic mass is 14.8. The van der Waals surface area contributed by atoms with Gasteiger partial charge >= 0.3 is 0 Å². The second kappa shape index (κ2) is 6.20. The third kappa shape index (κ3) is 3.85. The van der Waals surface area contributed by atoms with Crippen LogP contribution in [0.25, 0.3) is 0 Å². The second-order valence-corrected chi connectivity index (χ2v) is 5.66. The van der Waals surface area contributed by atoms with E-state index < -0.39 is 0 Å². The predicted octanol–water partition coefficient (Wildman–Crippen LogP) is 3.35. The van der Waals surface area contributed by atoms with E-state index in [1.54, 1.807) is 11.1 Å². The lowest BCUT2D eigenvalue weighted by Crippen LogP contribution is -2.22. The van der Waals surface area contributed by atoms with Crippen LogP contribution >= 0.6 is 0 Å². The van der Waals surface area contributed by atoms with Crippen LogP contribution in [-0.4, -0.2) is 13.1 Å². The van der Waals surface area contributed by atoms with Crippen molar-refractivity contribution >= 4 is 0 Å². The van der Waals surface area contributed by atoms with Gasteiger partial charge in [0.2, 0.25) is 0 Å². The summed E-state index contributed by atoms with van der Waals surface area (Å²) in [5.74, 6) is 0.749. The van der Waals surface area contributed by atoms with Crippen molar-refractivity contribution in [1.29, 1.82) is 0 Å². The minimum Gasteiger partial charge on any atom is -0.316 e. The molecule has 1 heteroatoms. The summed E-state index contributed by atoms with van der Waals surface area (Å²) >= 11 is 0. The molecule has 94 valence electrons. The number of hydrogen-bond donors (Lipinski definition) is 1. The Balaban J connectivity index is 1.85. The maximum absolute atomic E-state index is 3.51. The van der Waals surface area contributed by atoms with Gasteiger partial charge in [-0.1, -0.05) is 32.0 Å². The van der Waals surface area contributed by atoms with Crippen LogP contribution in [-0.2, 0) is 19.3 Å². The van der Waals surface area contributed by atoms with Gasteiger partial charge in [-0.2, -0.15) is 0 Å². The molecule has 0 saturated heterocycles. The van der Waals surface area contributed by atoms with Gasteiger partial charge in [-0.05, 0) is 67.8 Å². The van der Waals surface area contributed by atoms with Crippen molar-refractivity contribution in [3.8, 4) is 0 Å². The first-order valence-electron chi connectivity index (χ1n) is 7.07. The summed E-state index contributed by atoms with van der Waals surface area (Å²) in [6.45, 7) is 6.75. The molecule has 1 aliphatic carbocycles. The van der Waals surface area contributed by atoms with Gasteiger partial charge in [0.25, 0.3) is 0 Å². The molecule has 0 aromatic heterocycles. The Labute approximate surface area is 106 Å². The largest absolute Gasteiger partial charge is 0.316 e. The zero-order valence-electron chi connectivity index (χ0n) is 11.3. The van der Waals surface area contributed by atoms with Crippen molar-refractivity contribution in [3.63, 3.8) is 0 Å². The van der Waals surface area contributed by atoms with Crippen molar-refractivity contribution in [2.45, 2.75) is 46.0 Å². The van der Waals surface area contributed by atoms with Gasteiger partial charge in [0.15, 0.2) is 0 Å². The fourth-order valence-electron chi connectivity index (χ4n) is 2.57. The highest BCUT2D eigenvalue weighted by Crippen LogP contribution is 2.22. The third-order valence-corrected chi connectivity index (χ3v) is 3.56. The zero-order valence-corrected chi connectivity index (χ0v) is 11.3. The minimum atomic E-state index is 0.749. The zero-order chi connectivity index (χ0) is 12.1. The monoisotopic (exact) mass is 231 g/mol. The average molecular weight is 231 g/mol. The number of rotatable bonds is 5. The number of hydrogen-bond acceptors (Lipinski definition) is 1. The Morgan fingerprint density at radius 2 is 1.88 bits per heavy atom. The molecule has 1 aliphatic rings. The summed E-state index contributed by atoms with van der Waals surface area (Å²) in [7, 11) is 0. The van der Waals surface area contributed by atoms with Gasteiger partial charge in [-0.3, -0.25) is 0 Å². The highest BCUT2D eigenvalue weighted by Gasteiger charge is 2.09. The van der Waals surface area contributed by atoms with Gasteiger partial charge in [0, 0.05) is 0 Å². The number of fused-ring (bicyclic) bond motifs is 1. The summed E-state index contributed by atoms with van der Waals surface area (Å²) in [5.41, 5.74) is 4.70. The smallest absolute Gasteiger partial charge is 0.000824 e. The molecule has 0 fully saturated rings. The Morgan fingerprint density at radius 3 is 2.65 bits per heavy atom. The van der Waals surface area contributed by atoms with Crippen molar-refractivity contribution in [1.82, 2.24) is 5.32 Å². The maximum Gasteiger partial charge on any atom is -0.000824 e. The molecule has 0 aliphatic heterocycles. The molecule has 2 rings (SSSR count). The molecule has 0 radical (unpaired) electrons. The predicted molar refractivity (Wildman–Crippen MR) is 74.5 cm³/mol. The molecule has 0 saturated carbocycles. The molecular weight excluding hydrogens is 206 g/mol. The highest BCUT2D eigenvalue weighted by molar-refractivity contribution is 5.33. The SMILES string of the molecule is CC(C)CNCCc1ccc2c(c1)CCCC2. The van der Waals surface area contributed by atoms with Crippen LogP contribution in [0.5, 0.6) is 0 Å². The maximum atomic E-state index is 3.51. The van der Waals surface area contributed by atoms with Crippen LogP contribution in [0.2, 0.25) is 0 Å². The number of benzene rings is 1. The molecule has 0 unspecified atom stereocenters. The first-order valence-corrected chi connectivity index (χ1v) is 7.07. The Morgan fingerprint density at radius 1 is 1.12 bits per heavy atom. The van der Waals surface area contributed by atoms with Crippen LogP contribution in [0, 0.1) is 5.92 Å². The fraction of sp³-hybridized carbons (Fsp3) is 0.625. The summed E-state index contributed by atoms with van der Waals surface area (Å²) < 4.78 is 0. The van der Waals surface area contributed by atoms with Crippen molar-refractivity contribution in [2.75, 3.05) is 13.1 Å². The van der Waals surface area contributed by atoms with E-state index >= 15 is 0 Å². The Hall–Kier alpha value is -0.820. The van der Waals surface area contributed by atoms with E-state index in [4.69, 9.17) is 0 Å². The molecule has 0 spiro atoms. The summed E-state index contributed by atoms with van der Waals surface area (Å²) in [6.07, 6.45) is 6.51. The molecule has 1 N–H and O–H groups in total. The topological polar surface area (TPSA) is 12.0 Å². The first kappa shape index (κ1) is 12.6. The molecule has 1 nitrogen and oxygen atoms in total. The van der Waals surface area contributed by atoms with Gasteiger partial charge in [-0.25, -0.2) is 0 Å². The molecular formula is C16H25N. The second-order valence-electron chi connectivity index (χ2n) is 5.66. The lowest BCUT2D eigenvalue weighted by atomic mass is 9.90. The average Bonchev–Trinajstić information content (AvgIpc) is 2.34. The quantitative estimate of drug-likeness (QED) is 0.766. The van der Waals surface area contributed by atoms with Crippen molar-refractivity contribution < 1.29 is 0 Å². The van der Waals surface area contributed by atoms with Gasteiger partial charge in [-0.15, -0.1) is 0 Å². The summed E-state index contributed by atoms with van der Waals surface area (Å²) in [4.78, 5) is 0. The first-order chi connectivity index (χ1) is 8.25. The molecule has 0 bridgehead atoms. The van der Waals surface area contributed by atoms with E-state index in [2.05, 4.69) is 37.4 Å². The molecule has 1 aromatic rings. The minimum absolute atomic E-state index is 0.749. The van der Waals surface area contributed by atoms with Crippen LogP contribution in [0.15, 0.2) is 18.2 Å². The van der Waals surface area contributed by atoms with E-state index in [-0.39, 0.29) is 0 Å². The Bertz CT molecular complexity index is 355. The fourth-order valence-corrected chi connectivity index (χ4v) is 2.57. The van der Waals surface area contributed by atoms with Crippen LogP contribution in [0.1, 0.15) is 43.4 Å². The number of nitrogens with one attached hydrogen (secondary N) is 1. The van der Waals surface area contributed by atoms with Crippen LogP contribution in [0.3, 0.4) is 0 Å². The molecule has 0 heterocycles. The lowest BCUT2D eigenvalue weighted by Gasteiger charge is -2.16. The van der Waals surface area contributed by atoms with E-state index in [9.17, 15) is 0 Å². The summed E-state index contributed by atoms with van der Waals surface area (Å²) in [6, 6.07) is 7.11. The third-order valence-electron chi connectivity index (χ3n) is 3.56. The lowest BCUT2D eigenvalue weighted by molar-refractivity contribution is 0.554. The van der Waals surface area contributed by atoms with E-state index in [0.717, 1.165) is 19.0 Å². The van der Waals surface area contributed by atoms with Crippen molar-refractivity contribution in [3.05, 3.63) is 34.9 Å².